The number of nitrogens with one attached hydrogen (secondary N) is 2. The maximum atomic E-state index is 12.8. The summed E-state index contributed by atoms with van der Waals surface area (Å²) in [6.07, 6.45) is 4.84. The van der Waals surface area contributed by atoms with Crippen molar-refractivity contribution in [2.45, 2.75) is 45.1 Å². The summed E-state index contributed by atoms with van der Waals surface area (Å²) < 4.78 is 12.8. The van der Waals surface area contributed by atoms with Crippen molar-refractivity contribution in [1.29, 1.82) is 0 Å². The summed E-state index contributed by atoms with van der Waals surface area (Å²) in [5, 5.41) is 5.66. The van der Waals surface area contributed by atoms with Gasteiger partial charge in [-0.3, -0.25) is 9.59 Å². The van der Waals surface area contributed by atoms with Crippen molar-refractivity contribution in [3.8, 4) is 0 Å². The molecule has 22 heavy (non-hydrogen) atoms. The van der Waals surface area contributed by atoms with Crippen molar-refractivity contribution < 1.29 is 14.0 Å². The lowest BCUT2D eigenvalue weighted by molar-refractivity contribution is -0.129. The second-order valence-electron chi connectivity index (χ2n) is 5.89. The highest BCUT2D eigenvalue weighted by molar-refractivity contribution is 5.87. The lowest BCUT2D eigenvalue weighted by Crippen LogP contribution is -2.50. The molecule has 4 nitrogen and oxygen atoms in total. The molecule has 1 aromatic carbocycles. The maximum absolute atomic E-state index is 12.8. The Morgan fingerprint density at radius 1 is 1.23 bits per heavy atom. The molecule has 1 aliphatic rings. The Morgan fingerprint density at radius 3 is 2.45 bits per heavy atom. The van der Waals surface area contributed by atoms with E-state index in [0.29, 0.717) is 13.0 Å². The van der Waals surface area contributed by atoms with Crippen LogP contribution in [0.25, 0.3) is 0 Å². The summed E-state index contributed by atoms with van der Waals surface area (Å²) in [5.74, 6) is -0.329. The van der Waals surface area contributed by atoms with Crippen LogP contribution in [0.3, 0.4) is 0 Å². The minimum atomic E-state index is -0.437. The minimum absolute atomic E-state index is 0.121. The number of rotatable bonds is 6. The zero-order valence-corrected chi connectivity index (χ0v) is 12.9. The van der Waals surface area contributed by atoms with Gasteiger partial charge in [0.2, 0.25) is 11.8 Å². The summed E-state index contributed by atoms with van der Waals surface area (Å²) >= 11 is 0. The highest BCUT2D eigenvalue weighted by Gasteiger charge is 2.30. The maximum Gasteiger partial charge on any atom is 0.242 e. The van der Waals surface area contributed by atoms with Gasteiger partial charge >= 0.3 is 0 Å². The SMILES string of the molecule is CC(=O)NC(C(=O)NCCc1ccc(F)cc1)C1CCCC1. The molecule has 1 saturated carbocycles. The van der Waals surface area contributed by atoms with E-state index in [2.05, 4.69) is 10.6 Å². The first-order chi connectivity index (χ1) is 10.6. The molecule has 0 heterocycles. The van der Waals surface area contributed by atoms with Crippen molar-refractivity contribution in [3.63, 3.8) is 0 Å². The average molecular weight is 306 g/mol. The lowest BCUT2D eigenvalue weighted by atomic mass is 9.97. The van der Waals surface area contributed by atoms with E-state index in [9.17, 15) is 14.0 Å². The van der Waals surface area contributed by atoms with E-state index in [-0.39, 0.29) is 23.5 Å². The average Bonchev–Trinajstić information content (AvgIpc) is 3.00. The molecule has 0 saturated heterocycles. The molecule has 5 heteroatoms. The van der Waals surface area contributed by atoms with Gasteiger partial charge in [0.25, 0.3) is 0 Å². The molecule has 0 aromatic heterocycles. The number of carbonyl (C=O) groups excluding carboxylic acids is 2. The Kier molecular flexibility index (Phi) is 5.92. The molecular formula is C17H23FN2O2. The monoisotopic (exact) mass is 306 g/mol. The Labute approximate surface area is 130 Å². The van der Waals surface area contributed by atoms with Crippen LogP contribution in [0.15, 0.2) is 24.3 Å². The molecule has 120 valence electrons. The minimum Gasteiger partial charge on any atom is -0.354 e. The van der Waals surface area contributed by atoms with Crippen LogP contribution >= 0.6 is 0 Å². The van der Waals surface area contributed by atoms with Gasteiger partial charge in [0.15, 0.2) is 0 Å². The normalized spacial score (nSPS) is 16.3. The van der Waals surface area contributed by atoms with Gasteiger partial charge in [-0.2, -0.15) is 0 Å². The van der Waals surface area contributed by atoms with Crippen LogP contribution in [0.5, 0.6) is 0 Å². The van der Waals surface area contributed by atoms with Crippen molar-refractivity contribution >= 4 is 11.8 Å². The second kappa shape index (κ2) is 7.92. The molecule has 2 amide bonds. The van der Waals surface area contributed by atoms with Crippen LogP contribution in [0, 0.1) is 11.7 Å². The predicted molar refractivity (Wildman–Crippen MR) is 82.7 cm³/mol. The van der Waals surface area contributed by atoms with Crippen molar-refractivity contribution in [1.82, 2.24) is 10.6 Å². The number of amides is 2. The van der Waals surface area contributed by atoms with Gasteiger partial charge in [-0.15, -0.1) is 0 Å². The number of benzene rings is 1. The molecule has 1 fully saturated rings. The Balaban J connectivity index is 1.84. The van der Waals surface area contributed by atoms with Gasteiger partial charge in [-0.05, 0) is 42.9 Å². The van der Waals surface area contributed by atoms with E-state index in [4.69, 9.17) is 0 Å². The third-order valence-corrected chi connectivity index (χ3v) is 4.14. The Hall–Kier alpha value is -1.91. The Bertz CT molecular complexity index is 510. The molecule has 0 aliphatic heterocycles. The molecule has 0 bridgehead atoms. The zero-order chi connectivity index (χ0) is 15.9. The summed E-state index contributed by atoms with van der Waals surface area (Å²) in [7, 11) is 0. The highest BCUT2D eigenvalue weighted by atomic mass is 19.1. The molecule has 0 spiro atoms. The fourth-order valence-corrected chi connectivity index (χ4v) is 3.00. The van der Waals surface area contributed by atoms with Gasteiger partial charge in [0, 0.05) is 13.5 Å². The number of hydrogen-bond acceptors (Lipinski definition) is 2. The van der Waals surface area contributed by atoms with E-state index < -0.39 is 6.04 Å². The third-order valence-electron chi connectivity index (χ3n) is 4.14. The van der Waals surface area contributed by atoms with Crippen molar-refractivity contribution in [2.24, 2.45) is 5.92 Å². The Morgan fingerprint density at radius 2 is 1.86 bits per heavy atom. The quantitative estimate of drug-likeness (QED) is 0.846. The van der Waals surface area contributed by atoms with E-state index >= 15 is 0 Å². The van der Waals surface area contributed by atoms with Crippen LogP contribution in [-0.4, -0.2) is 24.4 Å². The fourth-order valence-electron chi connectivity index (χ4n) is 3.00. The molecule has 1 aromatic rings. The van der Waals surface area contributed by atoms with Crippen LogP contribution in [0.4, 0.5) is 4.39 Å². The van der Waals surface area contributed by atoms with Crippen LogP contribution in [0.1, 0.15) is 38.2 Å². The van der Waals surface area contributed by atoms with Crippen molar-refractivity contribution in [2.75, 3.05) is 6.54 Å². The molecule has 1 aliphatic carbocycles. The first-order valence-corrected chi connectivity index (χ1v) is 7.85. The predicted octanol–water partition coefficient (Wildman–Crippen LogP) is 2.18. The summed E-state index contributed by atoms with van der Waals surface area (Å²) in [6.45, 7) is 1.92. The van der Waals surface area contributed by atoms with Gasteiger partial charge < -0.3 is 10.6 Å². The second-order valence-corrected chi connectivity index (χ2v) is 5.89. The molecule has 2 N–H and O–H groups in total. The van der Waals surface area contributed by atoms with E-state index in [1.165, 1.54) is 19.1 Å². The summed E-state index contributed by atoms with van der Waals surface area (Å²) in [5.41, 5.74) is 0.971. The van der Waals surface area contributed by atoms with Crippen LogP contribution < -0.4 is 10.6 Å². The van der Waals surface area contributed by atoms with E-state index in [1.807, 2.05) is 0 Å². The fraction of sp³-hybridized carbons (Fsp3) is 0.529. The molecule has 2 rings (SSSR count). The van der Waals surface area contributed by atoms with Gasteiger partial charge in [-0.25, -0.2) is 4.39 Å². The molecule has 1 atom stereocenters. The number of halogens is 1. The summed E-state index contributed by atoms with van der Waals surface area (Å²) in [6, 6.07) is 5.81. The largest absolute Gasteiger partial charge is 0.354 e. The summed E-state index contributed by atoms with van der Waals surface area (Å²) in [4.78, 5) is 23.6. The smallest absolute Gasteiger partial charge is 0.242 e. The third kappa shape index (κ3) is 4.83. The number of hydrogen-bond donors (Lipinski definition) is 2. The van der Waals surface area contributed by atoms with E-state index in [1.54, 1.807) is 12.1 Å². The lowest BCUT2D eigenvalue weighted by Gasteiger charge is -2.23. The van der Waals surface area contributed by atoms with Gasteiger partial charge in [0.05, 0.1) is 0 Å². The van der Waals surface area contributed by atoms with Crippen molar-refractivity contribution in [3.05, 3.63) is 35.6 Å². The standard InChI is InChI=1S/C17H23FN2O2/c1-12(21)20-16(14-4-2-3-5-14)17(22)19-11-10-13-6-8-15(18)9-7-13/h6-9,14,16H,2-5,10-11H2,1H3,(H,19,22)(H,20,21). The van der Waals surface area contributed by atoms with Crippen LogP contribution in [0.2, 0.25) is 0 Å². The van der Waals surface area contributed by atoms with Crippen LogP contribution in [-0.2, 0) is 16.0 Å². The molecule has 0 radical (unpaired) electrons. The van der Waals surface area contributed by atoms with E-state index in [0.717, 1.165) is 31.2 Å². The first kappa shape index (κ1) is 16.5. The highest BCUT2D eigenvalue weighted by Crippen LogP contribution is 2.27. The molecule has 1 unspecified atom stereocenters. The molecular weight excluding hydrogens is 283 g/mol. The first-order valence-electron chi connectivity index (χ1n) is 7.85. The number of carbonyl (C=O) groups is 2. The van der Waals surface area contributed by atoms with Gasteiger partial charge in [0.1, 0.15) is 11.9 Å². The zero-order valence-electron chi connectivity index (χ0n) is 12.9. The topological polar surface area (TPSA) is 58.2 Å². The van der Waals surface area contributed by atoms with Gasteiger partial charge in [-0.1, -0.05) is 25.0 Å².